The fraction of sp³-hybridized carbons (Fsp3) is 0.357. The number of aromatic nitrogens is 4. The highest BCUT2D eigenvalue weighted by atomic mass is 35.5. The Bertz CT molecular complexity index is 717. The lowest BCUT2D eigenvalue weighted by Gasteiger charge is -2.08. The molecule has 1 amide bonds. The molecule has 1 aromatic heterocycles. The Balaban J connectivity index is 1.93. The predicted molar refractivity (Wildman–Crippen MR) is 92.6 cm³/mol. The van der Waals surface area contributed by atoms with Gasteiger partial charge in [0.2, 0.25) is 0 Å². The number of hydrogen-bond acceptors (Lipinski definition) is 5. The average molecular weight is 353 g/mol. The minimum atomic E-state index is -0.397. The van der Waals surface area contributed by atoms with Crippen molar-refractivity contribution in [1.29, 1.82) is 0 Å². The average Bonchev–Trinajstić information content (AvgIpc) is 2.92. The van der Waals surface area contributed by atoms with Crippen molar-refractivity contribution in [3.8, 4) is 0 Å². The van der Waals surface area contributed by atoms with Crippen LogP contribution in [0.1, 0.15) is 35.7 Å². The van der Waals surface area contributed by atoms with Gasteiger partial charge in [-0.25, -0.2) is 0 Å². The van der Waals surface area contributed by atoms with Gasteiger partial charge in [0.05, 0.1) is 17.1 Å². The zero-order chi connectivity index (χ0) is 16.8. The lowest BCUT2D eigenvalue weighted by Crippen LogP contribution is -2.34. The van der Waals surface area contributed by atoms with Gasteiger partial charge in [0.1, 0.15) is 0 Å². The van der Waals surface area contributed by atoms with Gasteiger partial charge in [0.25, 0.3) is 11.9 Å². The van der Waals surface area contributed by atoms with E-state index in [9.17, 15) is 4.79 Å². The number of rotatable bonds is 5. The summed E-state index contributed by atoms with van der Waals surface area (Å²) in [5.41, 5.74) is 1.32. The Hall–Kier alpha value is -2.06. The van der Waals surface area contributed by atoms with Crippen LogP contribution in [0, 0.1) is 6.92 Å². The van der Waals surface area contributed by atoms with Gasteiger partial charge in [-0.05, 0) is 48.5 Å². The van der Waals surface area contributed by atoms with E-state index >= 15 is 0 Å². The van der Waals surface area contributed by atoms with Crippen LogP contribution >= 0.6 is 23.8 Å². The monoisotopic (exact) mass is 352 g/mol. The number of aryl methyl sites for hydroxylation is 2. The number of amides is 1. The molecule has 1 heterocycles. The molecule has 122 valence electrons. The minimum absolute atomic E-state index is 0.0849. The topological polar surface area (TPSA) is 84.7 Å². The largest absolute Gasteiger partial charge is 0.299 e. The number of nitrogens with zero attached hydrogens (tertiary/aromatic N) is 4. The number of benzene rings is 1. The lowest BCUT2D eigenvalue weighted by molar-refractivity contribution is 0.0978. The van der Waals surface area contributed by atoms with Gasteiger partial charge in [-0.15, -0.1) is 5.10 Å². The van der Waals surface area contributed by atoms with Gasteiger partial charge in [-0.2, -0.15) is 4.80 Å². The van der Waals surface area contributed by atoms with Crippen molar-refractivity contribution in [2.75, 3.05) is 5.32 Å². The Labute approximate surface area is 144 Å². The van der Waals surface area contributed by atoms with E-state index in [1.807, 2.05) is 6.92 Å². The Morgan fingerprint density at radius 3 is 2.91 bits per heavy atom. The summed E-state index contributed by atoms with van der Waals surface area (Å²) in [7, 11) is 0. The molecule has 0 spiro atoms. The third kappa shape index (κ3) is 4.97. The fourth-order valence-corrected chi connectivity index (χ4v) is 2.30. The number of unbranched alkanes of at least 4 members (excludes halogenated alkanes) is 1. The zero-order valence-electron chi connectivity index (χ0n) is 12.8. The molecular formula is C14H17ClN6OS. The predicted octanol–water partition coefficient (Wildman–Crippen LogP) is 2.56. The molecule has 0 fully saturated rings. The van der Waals surface area contributed by atoms with Crippen molar-refractivity contribution in [2.24, 2.45) is 0 Å². The summed E-state index contributed by atoms with van der Waals surface area (Å²) in [6.07, 6.45) is 2.00. The van der Waals surface area contributed by atoms with Crippen LogP contribution in [-0.4, -0.2) is 31.2 Å². The molecule has 2 rings (SSSR count). The molecule has 0 aliphatic heterocycles. The van der Waals surface area contributed by atoms with Gasteiger partial charge in [0.15, 0.2) is 5.11 Å². The number of carbonyl (C=O) groups excluding carboxylic acids is 1. The number of hydrogen-bond donors (Lipinski definition) is 2. The van der Waals surface area contributed by atoms with Crippen LogP contribution in [0.25, 0.3) is 0 Å². The maximum Gasteiger partial charge on any atom is 0.269 e. The van der Waals surface area contributed by atoms with Crippen molar-refractivity contribution in [1.82, 2.24) is 25.5 Å². The Morgan fingerprint density at radius 2 is 2.22 bits per heavy atom. The summed E-state index contributed by atoms with van der Waals surface area (Å²) in [6, 6.07) is 5.17. The fourth-order valence-electron chi connectivity index (χ4n) is 1.80. The van der Waals surface area contributed by atoms with Gasteiger partial charge in [-0.3, -0.25) is 15.4 Å². The molecule has 0 radical (unpaired) electrons. The highest BCUT2D eigenvalue weighted by Gasteiger charge is 2.13. The van der Waals surface area contributed by atoms with E-state index in [2.05, 4.69) is 33.0 Å². The lowest BCUT2D eigenvalue weighted by atomic mass is 10.1. The second kappa shape index (κ2) is 7.98. The molecule has 0 bridgehead atoms. The van der Waals surface area contributed by atoms with Crippen LogP contribution in [0.3, 0.4) is 0 Å². The second-order valence-corrected chi connectivity index (χ2v) is 5.77. The zero-order valence-corrected chi connectivity index (χ0v) is 14.4. The van der Waals surface area contributed by atoms with Gasteiger partial charge in [0, 0.05) is 0 Å². The van der Waals surface area contributed by atoms with E-state index < -0.39 is 5.91 Å². The standard InChI is InChI=1S/C14H17ClN6OS/c1-3-4-7-21-19-13(18-20-21)17-14(23)16-12(22)10-6-5-9(2)8-11(10)15/h5-6,8H,3-4,7H2,1-2H3,(H2,16,17,19,22,23). The molecule has 2 aromatic rings. The maximum atomic E-state index is 12.1. The first-order valence-corrected chi connectivity index (χ1v) is 7.94. The Morgan fingerprint density at radius 1 is 1.43 bits per heavy atom. The summed E-state index contributed by atoms with van der Waals surface area (Å²) in [5.74, 6) is -0.160. The molecule has 0 saturated heterocycles. The summed E-state index contributed by atoms with van der Waals surface area (Å²) in [4.78, 5) is 13.6. The number of tetrazole rings is 1. The molecule has 0 unspecified atom stereocenters. The molecule has 0 aliphatic rings. The number of nitrogens with one attached hydrogen (secondary N) is 2. The first-order chi connectivity index (χ1) is 11.0. The van der Waals surface area contributed by atoms with E-state index in [-0.39, 0.29) is 11.1 Å². The van der Waals surface area contributed by atoms with E-state index in [0.29, 0.717) is 17.1 Å². The quantitative estimate of drug-likeness (QED) is 0.804. The number of halogens is 1. The number of carbonyl (C=O) groups is 1. The van der Waals surface area contributed by atoms with Crippen molar-refractivity contribution in [2.45, 2.75) is 33.2 Å². The Kier molecular flexibility index (Phi) is 6.00. The van der Waals surface area contributed by atoms with Crippen molar-refractivity contribution >= 4 is 40.8 Å². The van der Waals surface area contributed by atoms with E-state index in [4.69, 9.17) is 23.8 Å². The first-order valence-electron chi connectivity index (χ1n) is 7.16. The van der Waals surface area contributed by atoms with Crippen LogP contribution in [0.4, 0.5) is 5.95 Å². The van der Waals surface area contributed by atoms with Crippen LogP contribution in [-0.2, 0) is 6.54 Å². The van der Waals surface area contributed by atoms with E-state index in [1.165, 1.54) is 4.80 Å². The molecule has 7 nitrogen and oxygen atoms in total. The maximum absolute atomic E-state index is 12.1. The smallest absolute Gasteiger partial charge is 0.269 e. The molecule has 9 heteroatoms. The molecule has 1 aromatic carbocycles. The van der Waals surface area contributed by atoms with Gasteiger partial charge < -0.3 is 0 Å². The van der Waals surface area contributed by atoms with Gasteiger partial charge in [-0.1, -0.05) is 36.1 Å². The summed E-state index contributed by atoms with van der Waals surface area (Å²) < 4.78 is 0. The summed E-state index contributed by atoms with van der Waals surface area (Å²) >= 11 is 11.1. The van der Waals surface area contributed by atoms with Crippen LogP contribution in [0.5, 0.6) is 0 Å². The van der Waals surface area contributed by atoms with Crippen molar-refractivity contribution in [3.05, 3.63) is 34.3 Å². The molecular weight excluding hydrogens is 336 g/mol. The normalized spacial score (nSPS) is 10.4. The number of thiocarbonyl (C=S) groups is 1. The summed E-state index contributed by atoms with van der Waals surface area (Å²) in [6.45, 7) is 4.66. The first kappa shape index (κ1) is 17.3. The molecule has 0 atom stereocenters. The highest BCUT2D eigenvalue weighted by Crippen LogP contribution is 2.17. The molecule has 2 N–H and O–H groups in total. The van der Waals surface area contributed by atoms with Crippen molar-refractivity contribution in [3.63, 3.8) is 0 Å². The van der Waals surface area contributed by atoms with E-state index in [0.717, 1.165) is 18.4 Å². The second-order valence-electron chi connectivity index (χ2n) is 4.95. The van der Waals surface area contributed by atoms with Crippen LogP contribution in [0.15, 0.2) is 18.2 Å². The van der Waals surface area contributed by atoms with Crippen LogP contribution < -0.4 is 10.6 Å². The third-order valence-electron chi connectivity index (χ3n) is 2.99. The molecule has 0 saturated carbocycles. The highest BCUT2D eigenvalue weighted by molar-refractivity contribution is 7.80. The third-order valence-corrected chi connectivity index (χ3v) is 3.50. The minimum Gasteiger partial charge on any atom is -0.299 e. The number of anilines is 1. The summed E-state index contributed by atoms with van der Waals surface area (Å²) in [5, 5.41) is 17.5. The molecule has 23 heavy (non-hydrogen) atoms. The SMILES string of the molecule is CCCCn1nnc(NC(=S)NC(=O)c2ccc(C)cc2Cl)n1. The van der Waals surface area contributed by atoms with Gasteiger partial charge >= 0.3 is 0 Å². The van der Waals surface area contributed by atoms with E-state index in [1.54, 1.807) is 18.2 Å². The molecule has 0 aliphatic carbocycles. The van der Waals surface area contributed by atoms with Crippen molar-refractivity contribution < 1.29 is 4.79 Å². The van der Waals surface area contributed by atoms with Crippen LogP contribution in [0.2, 0.25) is 5.02 Å².